The number of fused-ring (bicyclic) bond motifs is 2. The Morgan fingerprint density at radius 2 is 1.25 bits per heavy atom. The molecule has 0 spiro atoms. The number of rotatable bonds is 0. The van der Waals surface area contributed by atoms with Crippen molar-refractivity contribution in [2.45, 2.75) is 30.5 Å². The number of alkyl halides is 1. The molecule has 2 saturated carbocycles. The molecule has 2 aliphatic carbocycles. The molecule has 0 unspecified atom stereocenters. The van der Waals surface area contributed by atoms with E-state index in [0.717, 1.165) is 16.7 Å². The lowest BCUT2D eigenvalue weighted by Crippen LogP contribution is -2.01. The van der Waals surface area contributed by atoms with E-state index < -0.39 is 0 Å². The van der Waals surface area contributed by atoms with Crippen LogP contribution in [-0.2, 0) is 0 Å². The summed E-state index contributed by atoms with van der Waals surface area (Å²) in [6.07, 6.45) is 6.00. The molecular formula is C7H11Br. The van der Waals surface area contributed by atoms with E-state index >= 15 is 0 Å². The smallest absolute Gasteiger partial charge is 0.0202 e. The largest absolute Gasteiger partial charge is 0.0885 e. The van der Waals surface area contributed by atoms with Crippen molar-refractivity contribution >= 4 is 15.9 Å². The first kappa shape index (κ1) is 5.28. The molecule has 1 heteroatoms. The average molecular weight is 175 g/mol. The molecule has 0 nitrogen and oxygen atoms in total. The second-order valence-corrected chi connectivity index (χ2v) is 4.18. The summed E-state index contributed by atoms with van der Waals surface area (Å²) in [5, 5.41) is 0. The molecule has 0 radical (unpaired) electrons. The molecule has 0 aliphatic heterocycles. The molecule has 0 aromatic heterocycles. The normalized spacial score (nSPS) is 52.9. The summed E-state index contributed by atoms with van der Waals surface area (Å²) in [6, 6.07) is 0. The zero-order chi connectivity index (χ0) is 5.56. The van der Waals surface area contributed by atoms with Crippen LogP contribution in [0.3, 0.4) is 0 Å². The van der Waals surface area contributed by atoms with Crippen molar-refractivity contribution in [1.82, 2.24) is 0 Å². The average Bonchev–Trinajstić information content (AvgIpc) is 2.29. The summed E-state index contributed by atoms with van der Waals surface area (Å²) in [7, 11) is 0. The monoisotopic (exact) mass is 174 g/mol. The van der Waals surface area contributed by atoms with E-state index in [1.165, 1.54) is 25.7 Å². The highest BCUT2D eigenvalue weighted by atomic mass is 79.9. The van der Waals surface area contributed by atoms with E-state index in [1.54, 1.807) is 0 Å². The summed E-state index contributed by atoms with van der Waals surface area (Å²) < 4.78 is 0. The summed E-state index contributed by atoms with van der Waals surface area (Å²) in [5.41, 5.74) is 0. The van der Waals surface area contributed by atoms with E-state index in [9.17, 15) is 0 Å². The molecule has 2 aliphatic rings. The first-order valence-corrected chi connectivity index (χ1v) is 4.43. The van der Waals surface area contributed by atoms with Crippen LogP contribution in [-0.4, -0.2) is 4.83 Å². The molecule has 0 atom stereocenters. The van der Waals surface area contributed by atoms with Crippen LogP contribution in [0.15, 0.2) is 0 Å². The third-order valence-corrected chi connectivity index (χ3v) is 4.21. The van der Waals surface area contributed by atoms with Gasteiger partial charge < -0.3 is 0 Å². The highest BCUT2D eigenvalue weighted by Crippen LogP contribution is 2.48. The van der Waals surface area contributed by atoms with Crippen molar-refractivity contribution in [1.29, 1.82) is 0 Å². The zero-order valence-corrected chi connectivity index (χ0v) is 6.52. The Kier molecular flexibility index (Phi) is 1.14. The van der Waals surface area contributed by atoms with Gasteiger partial charge in [0, 0.05) is 4.83 Å². The summed E-state index contributed by atoms with van der Waals surface area (Å²) >= 11 is 3.73. The van der Waals surface area contributed by atoms with Crippen molar-refractivity contribution in [3.8, 4) is 0 Å². The van der Waals surface area contributed by atoms with Crippen LogP contribution in [0.5, 0.6) is 0 Å². The van der Waals surface area contributed by atoms with E-state index in [2.05, 4.69) is 15.9 Å². The lowest BCUT2D eigenvalue weighted by atomic mass is 10.0. The highest BCUT2D eigenvalue weighted by Gasteiger charge is 2.39. The quantitative estimate of drug-likeness (QED) is 0.496. The fraction of sp³-hybridized carbons (Fsp3) is 1.00. The molecule has 0 N–H and O–H groups in total. The predicted molar refractivity (Wildman–Crippen MR) is 38.2 cm³/mol. The maximum absolute atomic E-state index is 3.73. The molecule has 2 rings (SSSR count). The molecule has 2 bridgehead atoms. The minimum absolute atomic E-state index is 0.905. The van der Waals surface area contributed by atoms with Gasteiger partial charge in [-0.05, 0) is 37.5 Å². The van der Waals surface area contributed by atoms with Crippen LogP contribution in [0.4, 0.5) is 0 Å². The topological polar surface area (TPSA) is 0 Å². The summed E-state index contributed by atoms with van der Waals surface area (Å²) in [4.78, 5) is 0.905. The SMILES string of the molecule is BrC1[C@H]2CC[C@H]1CC2. The molecular weight excluding hydrogens is 164 g/mol. The molecule has 0 aromatic rings. The van der Waals surface area contributed by atoms with E-state index in [0.29, 0.717) is 0 Å². The Balaban J connectivity index is 2.16. The standard InChI is InChI=1S/C7H11Br/c8-7-5-1-2-6(7)4-3-5/h5-7H,1-4H2/t5-,6-. The molecule has 0 saturated heterocycles. The number of hydrogen-bond donors (Lipinski definition) is 0. The van der Waals surface area contributed by atoms with Gasteiger partial charge >= 0.3 is 0 Å². The van der Waals surface area contributed by atoms with E-state index in [-0.39, 0.29) is 0 Å². The predicted octanol–water partition coefficient (Wildman–Crippen LogP) is 2.57. The first-order chi connectivity index (χ1) is 3.88. The molecule has 0 aromatic carbocycles. The van der Waals surface area contributed by atoms with Crippen molar-refractivity contribution < 1.29 is 0 Å². The maximum atomic E-state index is 3.73. The lowest BCUT2D eigenvalue weighted by molar-refractivity contribution is 0.480. The second kappa shape index (κ2) is 1.73. The fourth-order valence-electron chi connectivity index (χ4n) is 2.17. The van der Waals surface area contributed by atoms with Gasteiger partial charge in [0.1, 0.15) is 0 Å². The van der Waals surface area contributed by atoms with Gasteiger partial charge in [0.05, 0.1) is 0 Å². The van der Waals surface area contributed by atoms with Gasteiger partial charge in [-0.25, -0.2) is 0 Å². The third kappa shape index (κ3) is 0.570. The maximum Gasteiger partial charge on any atom is 0.0202 e. The molecule has 0 amide bonds. The van der Waals surface area contributed by atoms with Gasteiger partial charge in [-0.2, -0.15) is 0 Å². The van der Waals surface area contributed by atoms with E-state index in [4.69, 9.17) is 0 Å². The van der Waals surface area contributed by atoms with Crippen LogP contribution in [0.1, 0.15) is 25.7 Å². The van der Waals surface area contributed by atoms with Crippen LogP contribution in [0.2, 0.25) is 0 Å². The minimum atomic E-state index is 0.905. The van der Waals surface area contributed by atoms with Gasteiger partial charge in [-0.3, -0.25) is 0 Å². The Morgan fingerprint density at radius 3 is 1.38 bits per heavy atom. The van der Waals surface area contributed by atoms with Gasteiger partial charge in [-0.1, -0.05) is 15.9 Å². The van der Waals surface area contributed by atoms with E-state index in [1.807, 2.05) is 0 Å². The third-order valence-electron chi connectivity index (χ3n) is 2.72. The minimum Gasteiger partial charge on any atom is -0.0885 e. The second-order valence-electron chi connectivity index (χ2n) is 3.12. The Bertz CT molecular complexity index is 80.6. The van der Waals surface area contributed by atoms with Crippen LogP contribution < -0.4 is 0 Å². The summed E-state index contributed by atoms with van der Waals surface area (Å²) in [6.45, 7) is 0. The van der Waals surface area contributed by atoms with Crippen molar-refractivity contribution in [2.75, 3.05) is 0 Å². The molecule has 0 heterocycles. The van der Waals surface area contributed by atoms with Gasteiger partial charge in [0.25, 0.3) is 0 Å². The van der Waals surface area contributed by atoms with Crippen molar-refractivity contribution in [3.63, 3.8) is 0 Å². The highest BCUT2D eigenvalue weighted by molar-refractivity contribution is 9.09. The Labute approximate surface area is 58.8 Å². The van der Waals surface area contributed by atoms with Crippen LogP contribution >= 0.6 is 15.9 Å². The van der Waals surface area contributed by atoms with Gasteiger partial charge in [0.15, 0.2) is 0 Å². The Hall–Kier alpha value is 0.480. The molecule has 46 valence electrons. The molecule has 2 fully saturated rings. The lowest BCUT2D eigenvalue weighted by Gasteiger charge is -2.04. The number of halogens is 1. The van der Waals surface area contributed by atoms with Crippen LogP contribution in [0.25, 0.3) is 0 Å². The Morgan fingerprint density at radius 1 is 0.875 bits per heavy atom. The fourth-order valence-corrected chi connectivity index (χ4v) is 3.22. The molecule has 8 heavy (non-hydrogen) atoms. The van der Waals surface area contributed by atoms with Crippen LogP contribution in [0, 0.1) is 11.8 Å². The van der Waals surface area contributed by atoms with Crippen molar-refractivity contribution in [2.24, 2.45) is 11.8 Å². The zero-order valence-electron chi connectivity index (χ0n) is 4.94. The number of hydrogen-bond acceptors (Lipinski definition) is 0. The van der Waals surface area contributed by atoms with Crippen molar-refractivity contribution in [3.05, 3.63) is 0 Å². The summed E-state index contributed by atoms with van der Waals surface area (Å²) in [5.74, 6) is 2.11. The first-order valence-electron chi connectivity index (χ1n) is 3.52. The van der Waals surface area contributed by atoms with Gasteiger partial charge in [0.2, 0.25) is 0 Å². The van der Waals surface area contributed by atoms with Gasteiger partial charge in [-0.15, -0.1) is 0 Å².